The van der Waals surface area contributed by atoms with E-state index in [0.717, 1.165) is 60.7 Å². The number of carbonyl (C=O) groups is 1. The maximum atomic E-state index is 13.4. The normalized spacial score (nSPS) is 23.1. The van der Waals surface area contributed by atoms with Crippen molar-refractivity contribution in [1.82, 2.24) is 4.98 Å². The summed E-state index contributed by atoms with van der Waals surface area (Å²) in [6, 6.07) is 0. The van der Waals surface area contributed by atoms with E-state index in [1.807, 2.05) is 13.3 Å². The Labute approximate surface area is 206 Å². The van der Waals surface area contributed by atoms with Gasteiger partial charge in [0.1, 0.15) is 5.78 Å². The Morgan fingerprint density at radius 2 is 2.00 bits per heavy atom. The van der Waals surface area contributed by atoms with Crippen molar-refractivity contribution >= 4 is 29.7 Å². The van der Waals surface area contributed by atoms with E-state index in [-0.39, 0.29) is 0 Å². The second-order valence-corrected chi connectivity index (χ2v) is 10.1. The number of aromatic nitrogens is 1. The minimum atomic E-state index is -0.424. The van der Waals surface area contributed by atoms with Crippen LogP contribution in [-0.4, -0.2) is 24.0 Å². The molecular formula is C31H42N2O. The van der Waals surface area contributed by atoms with Crippen LogP contribution in [0.2, 0.25) is 0 Å². The van der Waals surface area contributed by atoms with Gasteiger partial charge in [0, 0.05) is 30.5 Å². The van der Waals surface area contributed by atoms with Crippen molar-refractivity contribution in [3.05, 3.63) is 56.8 Å². The molecule has 3 rings (SSSR count). The molecule has 2 unspecified atom stereocenters. The van der Waals surface area contributed by atoms with Gasteiger partial charge < -0.3 is 0 Å². The smallest absolute Gasteiger partial charge is 0.143 e. The summed E-state index contributed by atoms with van der Waals surface area (Å²) in [5.74, 6) is 0.881. The molecule has 0 bridgehead atoms. The first-order valence-electron chi connectivity index (χ1n) is 13.0. The summed E-state index contributed by atoms with van der Waals surface area (Å²) in [6.45, 7) is 17.3. The van der Waals surface area contributed by atoms with Crippen LogP contribution in [0, 0.1) is 11.3 Å². The van der Waals surface area contributed by atoms with Gasteiger partial charge in [0.05, 0.1) is 16.5 Å². The third-order valence-electron chi connectivity index (χ3n) is 7.66. The van der Waals surface area contributed by atoms with Gasteiger partial charge in [-0.2, -0.15) is 0 Å². The maximum absolute atomic E-state index is 13.4. The molecular weight excluding hydrogens is 416 g/mol. The summed E-state index contributed by atoms with van der Waals surface area (Å²) < 4.78 is 0. The zero-order valence-electron chi connectivity index (χ0n) is 22.3. The van der Waals surface area contributed by atoms with Gasteiger partial charge in [0.25, 0.3) is 0 Å². The zero-order chi connectivity index (χ0) is 25.0. The Kier molecular flexibility index (Phi) is 8.28. The van der Waals surface area contributed by atoms with E-state index in [2.05, 4.69) is 71.3 Å². The maximum Gasteiger partial charge on any atom is 0.143 e. The Morgan fingerprint density at radius 3 is 2.59 bits per heavy atom. The number of pyridine rings is 1. The van der Waals surface area contributed by atoms with Crippen LogP contribution in [0.3, 0.4) is 0 Å². The minimum absolute atomic E-state index is 0.380. The number of Topliss-reactive ketones (excluding diaryl/α,β-unsaturated/α-hetero) is 1. The summed E-state index contributed by atoms with van der Waals surface area (Å²) in [4.78, 5) is 23.0. The summed E-state index contributed by atoms with van der Waals surface area (Å²) in [5, 5.41) is 2.26. The van der Waals surface area contributed by atoms with Crippen LogP contribution in [0.5, 0.6) is 0 Å². The van der Waals surface area contributed by atoms with Crippen LogP contribution in [0.4, 0.5) is 0 Å². The quantitative estimate of drug-likeness (QED) is 0.440. The molecule has 0 radical (unpaired) electrons. The molecule has 0 saturated heterocycles. The topological polar surface area (TPSA) is 42.3 Å². The molecule has 0 fully saturated rings. The SMILES string of the molecule is C=C(C)C1=C(/C=C(\C)c2nc3c(c(/C=N/C)c2CC)=CC(C)CC=3)C(CC)(CCC)C(=O)CC1. The largest absolute Gasteiger partial charge is 0.299 e. The van der Waals surface area contributed by atoms with Crippen LogP contribution in [-0.2, 0) is 11.2 Å². The molecule has 2 aliphatic carbocycles. The molecule has 1 aromatic rings. The second kappa shape index (κ2) is 10.8. The van der Waals surface area contributed by atoms with Gasteiger partial charge in [-0.1, -0.05) is 64.5 Å². The Hall–Kier alpha value is -2.55. The highest BCUT2D eigenvalue weighted by atomic mass is 16.1. The van der Waals surface area contributed by atoms with Gasteiger partial charge in [-0.15, -0.1) is 0 Å². The summed E-state index contributed by atoms with van der Waals surface area (Å²) in [6.07, 6.45) is 14.8. The van der Waals surface area contributed by atoms with E-state index >= 15 is 0 Å². The first-order chi connectivity index (χ1) is 16.2. The van der Waals surface area contributed by atoms with Crippen molar-refractivity contribution in [2.24, 2.45) is 16.3 Å². The Balaban J connectivity index is 2.34. The summed E-state index contributed by atoms with van der Waals surface area (Å²) >= 11 is 0. The molecule has 0 aromatic carbocycles. The van der Waals surface area contributed by atoms with Crippen LogP contribution in [0.15, 0.2) is 34.4 Å². The average molecular weight is 459 g/mol. The van der Waals surface area contributed by atoms with Crippen LogP contribution >= 0.6 is 0 Å². The average Bonchev–Trinajstić information content (AvgIpc) is 2.81. The monoisotopic (exact) mass is 458 g/mol. The first kappa shape index (κ1) is 26.1. The predicted octanol–water partition coefficient (Wildman–Crippen LogP) is 6.13. The zero-order valence-corrected chi connectivity index (χ0v) is 22.3. The van der Waals surface area contributed by atoms with E-state index in [0.29, 0.717) is 18.1 Å². The van der Waals surface area contributed by atoms with Crippen molar-refractivity contribution < 1.29 is 4.79 Å². The Morgan fingerprint density at radius 1 is 1.26 bits per heavy atom. The van der Waals surface area contributed by atoms with Gasteiger partial charge in [0.2, 0.25) is 0 Å². The van der Waals surface area contributed by atoms with Crippen molar-refractivity contribution in [2.75, 3.05) is 7.05 Å². The van der Waals surface area contributed by atoms with Gasteiger partial charge >= 0.3 is 0 Å². The molecule has 182 valence electrons. The van der Waals surface area contributed by atoms with E-state index in [4.69, 9.17) is 4.98 Å². The highest BCUT2D eigenvalue weighted by Gasteiger charge is 2.42. The lowest BCUT2D eigenvalue weighted by molar-refractivity contribution is -0.127. The second-order valence-electron chi connectivity index (χ2n) is 10.1. The number of rotatable bonds is 8. The third kappa shape index (κ3) is 4.67. The van der Waals surface area contributed by atoms with Crippen LogP contribution < -0.4 is 10.6 Å². The van der Waals surface area contributed by atoms with Crippen molar-refractivity contribution in [3.8, 4) is 0 Å². The number of aliphatic imine (C=N–C) groups is 1. The van der Waals surface area contributed by atoms with Gasteiger partial charge in [-0.05, 0) is 74.2 Å². The molecule has 3 heteroatoms. The lowest BCUT2D eigenvalue weighted by atomic mass is 9.63. The van der Waals surface area contributed by atoms with Crippen LogP contribution in [0.1, 0.15) is 96.9 Å². The first-order valence-corrected chi connectivity index (χ1v) is 13.0. The number of carbonyl (C=O) groups excluding carboxylic acids is 1. The third-order valence-corrected chi connectivity index (χ3v) is 7.66. The fourth-order valence-corrected chi connectivity index (χ4v) is 5.89. The Bertz CT molecular complexity index is 1190. The standard InChI is InChI=1S/C31H42N2O/c1-9-16-31(11-3)27(24(20(4)5)13-15-29(31)34)18-22(7)30-23(10-2)26(19-32-8)25-17-21(6)12-14-28(25)33-30/h14,17-19,21H,4,9-13,15-16H2,1-3,5-8H3/b22-18+,32-19+. The molecule has 0 saturated carbocycles. The molecule has 2 aliphatic rings. The van der Waals surface area contributed by atoms with Crippen LogP contribution in [0.25, 0.3) is 17.7 Å². The number of ketones is 1. The molecule has 0 aliphatic heterocycles. The van der Waals surface area contributed by atoms with E-state index in [1.165, 1.54) is 27.5 Å². The van der Waals surface area contributed by atoms with Gasteiger partial charge in [0.15, 0.2) is 0 Å². The fraction of sp³-hybridized carbons (Fsp3) is 0.516. The molecule has 1 heterocycles. The minimum Gasteiger partial charge on any atom is -0.299 e. The van der Waals surface area contributed by atoms with Crippen molar-refractivity contribution in [3.63, 3.8) is 0 Å². The number of fused-ring (bicyclic) bond motifs is 1. The van der Waals surface area contributed by atoms with E-state index in [9.17, 15) is 4.79 Å². The summed E-state index contributed by atoms with van der Waals surface area (Å²) in [7, 11) is 1.84. The van der Waals surface area contributed by atoms with E-state index < -0.39 is 5.41 Å². The summed E-state index contributed by atoms with van der Waals surface area (Å²) in [5.41, 5.74) is 7.65. The molecule has 1 aromatic heterocycles. The molecule has 0 N–H and O–H groups in total. The fourth-order valence-electron chi connectivity index (χ4n) is 5.89. The number of hydrogen-bond donors (Lipinski definition) is 0. The molecule has 0 amide bonds. The highest BCUT2D eigenvalue weighted by molar-refractivity contribution is 5.92. The van der Waals surface area contributed by atoms with Gasteiger partial charge in [-0.3, -0.25) is 9.79 Å². The highest BCUT2D eigenvalue weighted by Crippen LogP contribution is 2.47. The molecule has 34 heavy (non-hydrogen) atoms. The number of nitrogens with zero attached hydrogens (tertiary/aromatic N) is 2. The van der Waals surface area contributed by atoms with Crippen molar-refractivity contribution in [1.29, 1.82) is 0 Å². The molecule has 0 spiro atoms. The predicted molar refractivity (Wildman–Crippen MR) is 146 cm³/mol. The molecule has 2 atom stereocenters. The lowest BCUT2D eigenvalue weighted by Gasteiger charge is -2.39. The number of hydrogen-bond acceptors (Lipinski definition) is 3. The number of allylic oxidation sites excluding steroid dienone is 5. The lowest BCUT2D eigenvalue weighted by Crippen LogP contribution is -2.38. The van der Waals surface area contributed by atoms with E-state index in [1.54, 1.807) is 0 Å². The van der Waals surface area contributed by atoms with Crippen molar-refractivity contribution in [2.45, 2.75) is 86.5 Å². The molecule has 3 nitrogen and oxygen atoms in total. The van der Waals surface area contributed by atoms with Gasteiger partial charge in [-0.25, -0.2) is 4.98 Å².